The molecule has 0 bridgehead atoms. The van der Waals surface area contributed by atoms with Crippen molar-refractivity contribution in [3.05, 3.63) is 18.2 Å². The summed E-state index contributed by atoms with van der Waals surface area (Å²) in [5.74, 6) is 2.17. The molecule has 1 saturated carbocycles. The van der Waals surface area contributed by atoms with Crippen molar-refractivity contribution in [2.24, 2.45) is 0 Å². The highest BCUT2D eigenvalue weighted by Crippen LogP contribution is 2.35. The molecule has 1 atom stereocenters. The number of hydrogen-bond donors (Lipinski definition) is 0. The van der Waals surface area contributed by atoms with Crippen LogP contribution >= 0.6 is 0 Å². The minimum Gasteiger partial charge on any atom is -0.364 e. The molecule has 8 heteroatoms. The van der Waals surface area contributed by atoms with E-state index in [1.807, 2.05) is 0 Å². The van der Waals surface area contributed by atoms with E-state index in [-0.39, 0.29) is 17.5 Å². The van der Waals surface area contributed by atoms with Gasteiger partial charge in [0.2, 0.25) is 0 Å². The van der Waals surface area contributed by atoms with Crippen molar-refractivity contribution in [3.8, 4) is 11.5 Å². The van der Waals surface area contributed by atoms with Gasteiger partial charge >= 0.3 is 0 Å². The topological polar surface area (TPSA) is 90.9 Å². The lowest BCUT2D eigenvalue weighted by Gasteiger charge is -2.10. The van der Waals surface area contributed by atoms with E-state index < -0.39 is 9.84 Å². The fourth-order valence-electron chi connectivity index (χ4n) is 3.42. The Hall–Kier alpha value is -1.70. The summed E-state index contributed by atoms with van der Waals surface area (Å²) in [5.41, 5.74) is 0.612. The molecule has 0 aromatic carbocycles. The van der Waals surface area contributed by atoms with Gasteiger partial charge in [0.25, 0.3) is 0 Å². The summed E-state index contributed by atoms with van der Waals surface area (Å²) >= 11 is 0. The fraction of sp³-hybridized carbons (Fsp3) is 0.643. The monoisotopic (exact) mass is 322 g/mol. The molecule has 0 spiro atoms. The summed E-state index contributed by atoms with van der Waals surface area (Å²) in [7, 11) is -2.97. The van der Waals surface area contributed by atoms with Crippen LogP contribution in [0.5, 0.6) is 0 Å². The van der Waals surface area contributed by atoms with Crippen molar-refractivity contribution in [1.29, 1.82) is 0 Å². The zero-order chi connectivity index (χ0) is 15.2. The highest BCUT2D eigenvalue weighted by molar-refractivity contribution is 7.91. The molecule has 2 aromatic rings. The Labute approximate surface area is 128 Å². The number of sulfone groups is 1. The van der Waals surface area contributed by atoms with Gasteiger partial charge in [-0.1, -0.05) is 18.0 Å². The van der Waals surface area contributed by atoms with Gasteiger partial charge in [-0.05, 0) is 19.3 Å². The van der Waals surface area contributed by atoms with E-state index in [4.69, 9.17) is 4.52 Å². The molecule has 0 unspecified atom stereocenters. The maximum Gasteiger partial charge on any atom is 0.180 e. The lowest BCUT2D eigenvalue weighted by atomic mass is 10.1. The first-order valence-corrected chi connectivity index (χ1v) is 9.52. The first-order valence-electron chi connectivity index (χ1n) is 7.70. The second-order valence-corrected chi connectivity index (χ2v) is 8.39. The van der Waals surface area contributed by atoms with E-state index in [1.54, 1.807) is 10.7 Å². The number of aromatic nitrogens is 4. The van der Waals surface area contributed by atoms with Crippen LogP contribution in [0.3, 0.4) is 0 Å². The zero-order valence-electron chi connectivity index (χ0n) is 12.2. The van der Waals surface area contributed by atoms with Gasteiger partial charge in [0.15, 0.2) is 27.2 Å². The van der Waals surface area contributed by atoms with Crippen LogP contribution in [0, 0.1) is 0 Å². The molecule has 118 valence electrons. The van der Waals surface area contributed by atoms with Crippen molar-refractivity contribution < 1.29 is 12.9 Å². The van der Waals surface area contributed by atoms with Crippen LogP contribution in [0.15, 0.2) is 16.9 Å². The van der Waals surface area contributed by atoms with Crippen LogP contribution in [0.1, 0.15) is 49.9 Å². The number of rotatable bonds is 3. The average molecular weight is 322 g/mol. The first kappa shape index (κ1) is 13.9. The molecule has 3 heterocycles. The quantitative estimate of drug-likeness (QED) is 0.858. The molecule has 7 nitrogen and oxygen atoms in total. The fourth-order valence-corrected chi connectivity index (χ4v) is 5.11. The number of nitrogens with zero attached hydrogens (tertiary/aromatic N) is 4. The summed E-state index contributed by atoms with van der Waals surface area (Å²) in [5, 5.41) is 8.60. The lowest BCUT2D eigenvalue weighted by Crippen LogP contribution is -2.14. The maximum atomic E-state index is 11.8. The molecule has 1 aliphatic carbocycles. The Balaban J connectivity index is 1.75. The van der Waals surface area contributed by atoms with Crippen molar-refractivity contribution >= 4 is 9.84 Å². The number of hydrogen-bond acceptors (Lipinski definition) is 6. The third-order valence-corrected chi connectivity index (χ3v) is 6.34. The minimum atomic E-state index is -2.97. The van der Waals surface area contributed by atoms with E-state index in [2.05, 4.69) is 15.2 Å². The highest BCUT2D eigenvalue weighted by atomic mass is 32.2. The highest BCUT2D eigenvalue weighted by Gasteiger charge is 2.33. The van der Waals surface area contributed by atoms with Gasteiger partial charge in [0.05, 0.1) is 17.5 Å². The molecule has 0 amide bonds. The van der Waals surface area contributed by atoms with Gasteiger partial charge in [-0.3, -0.25) is 0 Å². The van der Waals surface area contributed by atoms with Crippen LogP contribution in [-0.2, 0) is 9.84 Å². The van der Waals surface area contributed by atoms with Gasteiger partial charge in [-0.15, -0.1) is 0 Å². The maximum absolute atomic E-state index is 11.8. The molecular formula is C14H18N4O3S. The first-order chi connectivity index (χ1) is 10.6. The summed E-state index contributed by atoms with van der Waals surface area (Å²) in [6.45, 7) is 0. The van der Waals surface area contributed by atoms with E-state index in [0.29, 0.717) is 23.9 Å². The van der Waals surface area contributed by atoms with Gasteiger partial charge in [-0.2, -0.15) is 5.10 Å². The molecule has 0 radical (unpaired) electrons. The molecular weight excluding hydrogens is 304 g/mol. The third-order valence-electron chi connectivity index (χ3n) is 4.59. The van der Waals surface area contributed by atoms with Crippen LogP contribution < -0.4 is 0 Å². The van der Waals surface area contributed by atoms with E-state index in [9.17, 15) is 8.42 Å². The molecule has 1 aliphatic heterocycles. The third kappa shape index (κ3) is 2.45. The van der Waals surface area contributed by atoms with E-state index in [1.165, 1.54) is 19.1 Å². The van der Waals surface area contributed by atoms with Crippen molar-refractivity contribution in [3.63, 3.8) is 0 Å². The van der Waals surface area contributed by atoms with Crippen molar-refractivity contribution in [2.75, 3.05) is 11.5 Å². The standard InChI is InChI=1S/C14H18N4O3S/c19-22(20)8-6-11(9-22)18-14(12-5-7-21-17-12)15-13(16-18)10-3-1-2-4-10/h5,7,10-11H,1-4,6,8-9H2/t11-/m0/s1. The Morgan fingerprint density at radius 2 is 2.05 bits per heavy atom. The molecule has 2 aromatic heterocycles. The Kier molecular flexibility index (Phi) is 3.28. The van der Waals surface area contributed by atoms with E-state index >= 15 is 0 Å². The van der Waals surface area contributed by atoms with Crippen molar-refractivity contribution in [1.82, 2.24) is 19.9 Å². The summed E-state index contributed by atoms with van der Waals surface area (Å²) in [6.07, 6.45) is 6.69. The zero-order valence-corrected chi connectivity index (χ0v) is 13.0. The van der Waals surface area contributed by atoms with Crippen LogP contribution in [0.25, 0.3) is 11.5 Å². The summed E-state index contributed by atoms with van der Waals surface area (Å²) < 4.78 is 30.2. The van der Waals surface area contributed by atoms with Gasteiger partial charge < -0.3 is 4.52 Å². The minimum absolute atomic E-state index is 0.130. The molecule has 2 fully saturated rings. The molecule has 4 rings (SSSR count). The Morgan fingerprint density at radius 3 is 2.68 bits per heavy atom. The second-order valence-electron chi connectivity index (χ2n) is 6.16. The van der Waals surface area contributed by atoms with Crippen LogP contribution in [0.2, 0.25) is 0 Å². The Morgan fingerprint density at radius 1 is 1.23 bits per heavy atom. The predicted octanol–water partition coefficient (Wildman–Crippen LogP) is 1.95. The predicted molar refractivity (Wildman–Crippen MR) is 79.0 cm³/mol. The smallest absolute Gasteiger partial charge is 0.180 e. The lowest BCUT2D eigenvalue weighted by molar-refractivity contribution is 0.419. The average Bonchev–Trinajstić information content (AvgIpc) is 3.25. The second kappa shape index (κ2) is 5.19. The van der Waals surface area contributed by atoms with Crippen LogP contribution in [-0.4, -0.2) is 39.8 Å². The largest absolute Gasteiger partial charge is 0.364 e. The summed E-state index contributed by atoms with van der Waals surface area (Å²) in [6, 6.07) is 1.59. The van der Waals surface area contributed by atoms with Gasteiger partial charge in [0.1, 0.15) is 6.26 Å². The van der Waals surface area contributed by atoms with Crippen LogP contribution in [0.4, 0.5) is 0 Å². The van der Waals surface area contributed by atoms with E-state index in [0.717, 1.165) is 18.7 Å². The van der Waals surface area contributed by atoms with Crippen molar-refractivity contribution in [2.45, 2.75) is 44.1 Å². The summed E-state index contributed by atoms with van der Waals surface area (Å²) in [4.78, 5) is 4.66. The molecule has 2 aliphatic rings. The van der Waals surface area contributed by atoms with Gasteiger partial charge in [0, 0.05) is 12.0 Å². The molecule has 1 saturated heterocycles. The Bertz CT molecular complexity index is 760. The molecule has 22 heavy (non-hydrogen) atoms. The SMILES string of the molecule is O=S1(=O)CC[C@H](n2nc(C3CCCC3)nc2-c2ccon2)C1. The van der Waals surface area contributed by atoms with Gasteiger partial charge in [-0.25, -0.2) is 18.1 Å². The molecule has 0 N–H and O–H groups in total. The normalized spacial score (nSPS) is 25.0.